The van der Waals surface area contributed by atoms with Crippen molar-refractivity contribution in [2.24, 2.45) is 5.41 Å². The van der Waals surface area contributed by atoms with Crippen LogP contribution in [-0.4, -0.2) is 48.8 Å². The molecule has 1 aliphatic carbocycles. The zero-order valence-corrected chi connectivity index (χ0v) is 17.3. The molecule has 2 aromatic heterocycles. The molecule has 1 aliphatic heterocycles. The lowest BCUT2D eigenvalue weighted by Gasteiger charge is -2.22. The molecule has 2 aromatic rings. The fourth-order valence-electron chi connectivity index (χ4n) is 3.15. The quantitative estimate of drug-likeness (QED) is 0.495. The van der Waals surface area contributed by atoms with Crippen molar-refractivity contribution >= 4 is 17.3 Å². The molecule has 0 aromatic carbocycles. The molecule has 0 radical (unpaired) electrons. The van der Waals surface area contributed by atoms with Crippen molar-refractivity contribution in [1.82, 2.24) is 14.6 Å². The number of nitrogens with two attached hydrogens (primary N) is 1. The van der Waals surface area contributed by atoms with Gasteiger partial charge >= 0.3 is 5.97 Å². The van der Waals surface area contributed by atoms with E-state index in [9.17, 15) is 10.1 Å². The highest BCUT2D eigenvalue weighted by molar-refractivity contribution is 5.79. The first-order valence-corrected chi connectivity index (χ1v) is 9.76. The third kappa shape index (κ3) is 4.87. The van der Waals surface area contributed by atoms with E-state index in [-0.39, 0.29) is 24.1 Å². The van der Waals surface area contributed by atoms with E-state index in [0.717, 1.165) is 18.5 Å². The summed E-state index contributed by atoms with van der Waals surface area (Å²) in [5, 5.41) is 30.0. The molecule has 4 rings (SSSR count). The largest absolute Gasteiger partial charge is 0.461 e. The lowest BCUT2D eigenvalue weighted by Crippen LogP contribution is -2.34. The number of nitriles is 1. The van der Waals surface area contributed by atoms with Crippen LogP contribution >= 0.6 is 0 Å². The van der Waals surface area contributed by atoms with Crippen LogP contribution in [0.5, 0.6) is 0 Å². The first kappa shape index (κ1) is 22.0. The molecule has 30 heavy (non-hydrogen) atoms. The minimum absolute atomic E-state index is 0.0468. The average molecular weight is 417 g/mol. The molecular formula is C20H27N5O5. The van der Waals surface area contributed by atoms with Gasteiger partial charge in [-0.2, -0.15) is 10.4 Å². The van der Waals surface area contributed by atoms with Gasteiger partial charge in [-0.1, -0.05) is 0 Å². The molecule has 2 aliphatic rings. The summed E-state index contributed by atoms with van der Waals surface area (Å²) in [6.07, 6.45) is 3.88. The van der Waals surface area contributed by atoms with E-state index < -0.39 is 11.4 Å². The van der Waals surface area contributed by atoms with Gasteiger partial charge in [0.15, 0.2) is 17.2 Å². The number of anilines is 1. The smallest absolute Gasteiger partial charge is 0.311 e. The van der Waals surface area contributed by atoms with E-state index in [4.69, 9.17) is 25.4 Å². The lowest BCUT2D eigenvalue weighted by molar-refractivity contribution is -0.156. The Bertz CT molecular complexity index is 966. The van der Waals surface area contributed by atoms with Crippen molar-refractivity contribution in [3.8, 4) is 6.07 Å². The number of hydrogen-bond donors (Lipinski definition) is 3. The molecule has 0 unspecified atom stereocenters. The third-order valence-corrected chi connectivity index (χ3v) is 5.15. The number of nitrogen functional groups attached to an aromatic ring is 1. The van der Waals surface area contributed by atoms with Gasteiger partial charge in [-0.15, -0.1) is 0 Å². The van der Waals surface area contributed by atoms with Gasteiger partial charge in [-0.25, -0.2) is 9.50 Å². The topological polar surface area (TPSA) is 156 Å². The molecule has 0 spiro atoms. The number of nitrogens with zero attached hydrogens (tertiary/aromatic N) is 4. The Balaban J connectivity index is 0.000000461. The number of esters is 1. The predicted octanol–water partition coefficient (Wildman–Crippen LogP) is 1.48. The highest BCUT2D eigenvalue weighted by Crippen LogP contribution is 2.47. The maximum absolute atomic E-state index is 12.0. The number of carbonyl (C=O) groups is 1. The maximum atomic E-state index is 12.0. The van der Waals surface area contributed by atoms with E-state index in [0.29, 0.717) is 24.2 Å². The molecule has 162 valence electrons. The van der Waals surface area contributed by atoms with Crippen LogP contribution in [-0.2, 0) is 14.3 Å². The summed E-state index contributed by atoms with van der Waals surface area (Å²) in [7, 11) is 0. The van der Waals surface area contributed by atoms with Gasteiger partial charge in [-0.05, 0) is 58.6 Å². The van der Waals surface area contributed by atoms with Crippen molar-refractivity contribution in [2.75, 3.05) is 12.3 Å². The predicted molar refractivity (Wildman–Crippen MR) is 106 cm³/mol. The fraction of sp³-hybridized carbons (Fsp3) is 0.600. The Morgan fingerprint density at radius 1 is 1.43 bits per heavy atom. The first-order chi connectivity index (χ1) is 14.0. The van der Waals surface area contributed by atoms with Crippen molar-refractivity contribution in [2.45, 2.75) is 63.9 Å². The second-order valence-corrected chi connectivity index (χ2v) is 8.58. The Kier molecular flexibility index (Phi) is 5.73. The van der Waals surface area contributed by atoms with Crippen LogP contribution in [0.25, 0.3) is 5.52 Å². The zero-order valence-electron chi connectivity index (χ0n) is 17.3. The van der Waals surface area contributed by atoms with Crippen LogP contribution in [0, 0.1) is 16.7 Å². The van der Waals surface area contributed by atoms with E-state index >= 15 is 0 Å². The molecule has 2 atom stereocenters. The molecule has 0 amide bonds. The van der Waals surface area contributed by atoms with Crippen molar-refractivity contribution < 1.29 is 24.5 Å². The Hall–Kier alpha value is -2.74. The second kappa shape index (κ2) is 7.83. The molecule has 1 saturated heterocycles. The van der Waals surface area contributed by atoms with Crippen LogP contribution in [0.15, 0.2) is 18.5 Å². The highest BCUT2D eigenvalue weighted by atomic mass is 16.6. The number of aromatic nitrogens is 3. The van der Waals surface area contributed by atoms with Crippen molar-refractivity contribution in [1.29, 1.82) is 5.26 Å². The van der Waals surface area contributed by atoms with Gasteiger partial charge in [0.05, 0.1) is 11.1 Å². The fourth-order valence-corrected chi connectivity index (χ4v) is 3.15. The Labute approximate surface area is 174 Å². The maximum Gasteiger partial charge on any atom is 0.311 e. The normalized spacial score (nSPS) is 24.6. The number of rotatable bonds is 4. The minimum atomic E-state index is -1.50. The zero-order chi connectivity index (χ0) is 22.2. The summed E-state index contributed by atoms with van der Waals surface area (Å²) in [5.74, 6) is -1.36. The summed E-state index contributed by atoms with van der Waals surface area (Å²) < 4.78 is 13.1. The summed E-state index contributed by atoms with van der Waals surface area (Å²) >= 11 is 0. The van der Waals surface area contributed by atoms with Gasteiger partial charge in [0.2, 0.25) is 0 Å². The second-order valence-electron chi connectivity index (χ2n) is 8.58. The molecule has 10 nitrogen and oxygen atoms in total. The summed E-state index contributed by atoms with van der Waals surface area (Å²) in [4.78, 5) is 16.0. The average Bonchev–Trinajstić information content (AvgIpc) is 3.10. The van der Waals surface area contributed by atoms with Crippen molar-refractivity contribution in [3.63, 3.8) is 0 Å². The van der Waals surface area contributed by atoms with Gasteiger partial charge < -0.3 is 25.4 Å². The monoisotopic (exact) mass is 417 g/mol. The highest BCUT2D eigenvalue weighted by Gasteiger charge is 2.49. The molecule has 10 heteroatoms. The standard InChI is InChI=1S/C17H19N5O3.C3H8O2/c1-16(6-7-16)15(23)24-9-17(8-18)5-4-13(25-17)11-2-3-12-14(19)20-10-21-22(11)12;1-3(2,4)5/h2-3,10,13H,4-7,9H2,1H3,(H2,19,20,21);4-5H,1-2H3/t13-,17-;/m1./s1. The van der Waals surface area contributed by atoms with Gasteiger partial charge in [-0.3, -0.25) is 4.79 Å². The molecule has 4 N–H and O–H groups in total. The van der Waals surface area contributed by atoms with E-state index in [1.165, 1.54) is 20.2 Å². The number of hydrogen-bond acceptors (Lipinski definition) is 9. The Morgan fingerprint density at radius 3 is 2.70 bits per heavy atom. The van der Waals surface area contributed by atoms with Gasteiger partial charge in [0.25, 0.3) is 0 Å². The third-order valence-electron chi connectivity index (χ3n) is 5.15. The number of fused-ring (bicyclic) bond motifs is 1. The Morgan fingerprint density at radius 2 is 2.10 bits per heavy atom. The minimum Gasteiger partial charge on any atom is -0.461 e. The molecular weight excluding hydrogens is 390 g/mol. The van der Waals surface area contributed by atoms with Crippen LogP contribution in [0.4, 0.5) is 5.82 Å². The lowest BCUT2D eigenvalue weighted by atomic mass is 10.0. The van der Waals surface area contributed by atoms with Gasteiger partial charge in [0.1, 0.15) is 30.6 Å². The van der Waals surface area contributed by atoms with Crippen LogP contribution in [0.1, 0.15) is 58.3 Å². The number of carbonyl (C=O) groups excluding carboxylic acids is 1. The molecule has 0 bridgehead atoms. The van der Waals surface area contributed by atoms with E-state index in [1.54, 1.807) is 4.52 Å². The van der Waals surface area contributed by atoms with Crippen LogP contribution in [0.3, 0.4) is 0 Å². The number of ether oxygens (including phenoxy) is 2. The summed E-state index contributed by atoms with van der Waals surface area (Å²) in [5.41, 5.74) is 5.87. The summed E-state index contributed by atoms with van der Waals surface area (Å²) in [6, 6.07) is 5.89. The molecule has 2 fully saturated rings. The number of aliphatic hydroxyl groups is 2. The summed E-state index contributed by atoms with van der Waals surface area (Å²) in [6.45, 7) is 4.43. The van der Waals surface area contributed by atoms with Crippen LogP contribution < -0.4 is 5.73 Å². The first-order valence-electron chi connectivity index (χ1n) is 9.76. The van der Waals surface area contributed by atoms with Crippen LogP contribution in [0.2, 0.25) is 0 Å². The van der Waals surface area contributed by atoms with Gasteiger partial charge in [0, 0.05) is 0 Å². The van der Waals surface area contributed by atoms with E-state index in [1.807, 2.05) is 19.1 Å². The molecule has 1 saturated carbocycles. The van der Waals surface area contributed by atoms with E-state index in [2.05, 4.69) is 16.2 Å². The molecule has 3 heterocycles. The SMILES string of the molecule is CC(C)(O)O.CC1(C(=O)OC[C@]2(C#N)CC[C@H](c3ccc4c(N)ncnn34)O2)CC1. The van der Waals surface area contributed by atoms with Crippen molar-refractivity contribution in [3.05, 3.63) is 24.2 Å².